The Balaban J connectivity index is 1.75. The van der Waals surface area contributed by atoms with Crippen LogP contribution in [0.25, 0.3) is 27.7 Å². The normalized spacial score (nSPS) is 11.5. The molecule has 0 amide bonds. The van der Waals surface area contributed by atoms with Gasteiger partial charge in [0.25, 0.3) is 0 Å². The maximum atomic E-state index is 12.7. The quantitative estimate of drug-likeness (QED) is 0.217. The van der Waals surface area contributed by atoms with Gasteiger partial charge in [-0.15, -0.1) is 0 Å². The van der Waals surface area contributed by atoms with E-state index in [9.17, 15) is 4.79 Å². The SMILES string of the molecule is CCCCC(=O)Oc1cn(Cc2ccccc2OC)c2nc(CCCC)n3c4ccccc4nc3c12. The molecule has 0 saturated heterocycles. The second kappa shape index (κ2) is 10.4. The van der Waals surface area contributed by atoms with Crippen LogP contribution in [0.5, 0.6) is 11.5 Å². The Morgan fingerprint density at radius 2 is 1.69 bits per heavy atom. The van der Waals surface area contributed by atoms with Crippen LogP contribution in [0, 0.1) is 0 Å². The molecule has 0 fully saturated rings. The average Bonchev–Trinajstić information content (AvgIpc) is 3.44. The molecule has 3 aromatic heterocycles. The molecule has 2 aromatic carbocycles. The number of fused-ring (bicyclic) bond motifs is 5. The molecule has 0 aliphatic heterocycles. The molecule has 3 heterocycles. The van der Waals surface area contributed by atoms with Crippen LogP contribution in [0.3, 0.4) is 0 Å². The van der Waals surface area contributed by atoms with Crippen molar-refractivity contribution in [3.05, 3.63) is 66.1 Å². The summed E-state index contributed by atoms with van der Waals surface area (Å²) in [5.41, 5.74) is 4.45. The molecule has 5 rings (SSSR count). The number of para-hydroxylation sites is 3. The molecule has 5 aromatic rings. The number of carbonyl (C=O) groups is 1. The van der Waals surface area contributed by atoms with Crippen molar-refractivity contribution in [2.75, 3.05) is 7.11 Å². The molecule has 7 nitrogen and oxygen atoms in total. The molecular formula is C29H32N4O3. The summed E-state index contributed by atoms with van der Waals surface area (Å²) in [4.78, 5) is 22.8. The topological polar surface area (TPSA) is 70.7 Å². The first kappa shape index (κ1) is 23.9. The molecule has 0 radical (unpaired) electrons. The zero-order valence-corrected chi connectivity index (χ0v) is 21.2. The fourth-order valence-corrected chi connectivity index (χ4v) is 4.69. The zero-order chi connectivity index (χ0) is 25.1. The third-order valence-corrected chi connectivity index (χ3v) is 6.54. The van der Waals surface area contributed by atoms with E-state index >= 15 is 0 Å². The summed E-state index contributed by atoms with van der Waals surface area (Å²) in [6.45, 7) is 4.78. The van der Waals surface area contributed by atoms with E-state index < -0.39 is 0 Å². The molecular weight excluding hydrogens is 452 g/mol. The van der Waals surface area contributed by atoms with E-state index in [1.165, 1.54) is 0 Å². The number of aromatic nitrogens is 4. The third-order valence-electron chi connectivity index (χ3n) is 6.54. The predicted octanol–water partition coefficient (Wildman–Crippen LogP) is 6.33. The molecule has 7 heteroatoms. The molecule has 0 atom stereocenters. The highest BCUT2D eigenvalue weighted by molar-refractivity contribution is 6.01. The zero-order valence-electron chi connectivity index (χ0n) is 21.2. The Kier molecular flexibility index (Phi) is 6.89. The van der Waals surface area contributed by atoms with Gasteiger partial charge in [0, 0.05) is 24.6 Å². The Hall–Kier alpha value is -3.87. The third kappa shape index (κ3) is 4.41. The minimum atomic E-state index is -0.238. The van der Waals surface area contributed by atoms with Gasteiger partial charge in [-0.1, -0.05) is 57.0 Å². The molecule has 0 N–H and O–H groups in total. The van der Waals surface area contributed by atoms with E-state index in [1.54, 1.807) is 7.11 Å². The fourth-order valence-electron chi connectivity index (χ4n) is 4.69. The monoisotopic (exact) mass is 484 g/mol. The number of aryl methyl sites for hydroxylation is 1. The number of hydrogen-bond acceptors (Lipinski definition) is 5. The summed E-state index contributed by atoms with van der Waals surface area (Å²) in [7, 11) is 1.67. The smallest absolute Gasteiger partial charge is 0.311 e. The van der Waals surface area contributed by atoms with Gasteiger partial charge in [0.15, 0.2) is 11.4 Å². The van der Waals surface area contributed by atoms with Gasteiger partial charge in [-0.25, -0.2) is 9.97 Å². The van der Waals surface area contributed by atoms with Crippen molar-refractivity contribution in [3.63, 3.8) is 0 Å². The van der Waals surface area contributed by atoms with Gasteiger partial charge < -0.3 is 14.0 Å². The highest BCUT2D eigenvalue weighted by Crippen LogP contribution is 2.35. The number of benzene rings is 2. The Morgan fingerprint density at radius 3 is 2.50 bits per heavy atom. The molecule has 36 heavy (non-hydrogen) atoms. The highest BCUT2D eigenvalue weighted by atomic mass is 16.5. The average molecular weight is 485 g/mol. The summed E-state index contributed by atoms with van der Waals surface area (Å²) in [6, 6.07) is 16.0. The lowest BCUT2D eigenvalue weighted by molar-refractivity contribution is -0.134. The summed E-state index contributed by atoms with van der Waals surface area (Å²) >= 11 is 0. The standard InChI is InChI=1S/C29H32N4O3/c1-4-6-16-25-31-28-27(29-30-21-13-9-10-14-22(21)33(25)29)24(36-26(34)17-7-5-2)19-32(28)18-20-12-8-11-15-23(20)35-3/h8-15,19H,4-7,16-18H2,1-3H3. The summed E-state index contributed by atoms with van der Waals surface area (Å²) in [5, 5.41) is 0.756. The lowest BCUT2D eigenvalue weighted by Crippen LogP contribution is -2.07. The number of ether oxygens (including phenoxy) is 2. The minimum absolute atomic E-state index is 0.238. The van der Waals surface area contributed by atoms with Crippen LogP contribution in [0.15, 0.2) is 54.7 Å². The molecule has 0 spiro atoms. The number of methoxy groups -OCH3 is 1. The van der Waals surface area contributed by atoms with Crippen LogP contribution >= 0.6 is 0 Å². The van der Waals surface area contributed by atoms with Crippen molar-refractivity contribution < 1.29 is 14.3 Å². The minimum Gasteiger partial charge on any atom is -0.496 e. The Bertz CT molecular complexity index is 1530. The second-order valence-corrected chi connectivity index (χ2v) is 9.10. The number of imidazole rings is 1. The van der Waals surface area contributed by atoms with Crippen LogP contribution in [0.2, 0.25) is 0 Å². The van der Waals surface area contributed by atoms with E-state index in [0.717, 1.165) is 77.0 Å². The van der Waals surface area contributed by atoms with Crippen LogP contribution in [-0.2, 0) is 17.8 Å². The van der Waals surface area contributed by atoms with E-state index in [1.807, 2.05) is 53.2 Å². The summed E-state index contributed by atoms with van der Waals surface area (Å²) < 4.78 is 15.7. The van der Waals surface area contributed by atoms with Gasteiger partial charge in [-0.2, -0.15) is 0 Å². The highest BCUT2D eigenvalue weighted by Gasteiger charge is 2.23. The first-order chi connectivity index (χ1) is 17.6. The van der Waals surface area contributed by atoms with E-state index in [4.69, 9.17) is 19.4 Å². The van der Waals surface area contributed by atoms with Gasteiger partial charge in [0.1, 0.15) is 22.6 Å². The van der Waals surface area contributed by atoms with Crippen molar-refractivity contribution in [1.29, 1.82) is 0 Å². The van der Waals surface area contributed by atoms with Crippen molar-refractivity contribution in [1.82, 2.24) is 18.9 Å². The van der Waals surface area contributed by atoms with Gasteiger partial charge in [0.05, 0.1) is 24.7 Å². The molecule has 0 aliphatic carbocycles. The lowest BCUT2D eigenvalue weighted by atomic mass is 10.2. The molecule has 0 aliphatic rings. The molecule has 186 valence electrons. The van der Waals surface area contributed by atoms with Gasteiger partial charge >= 0.3 is 5.97 Å². The number of hydrogen-bond donors (Lipinski definition) is 0. The van der Waals surface area contributed by atoms with Crippen molar-refractivity contribution in [2.45, 2.75) is 58.9 Å². The van der Waals surface area contributed by atoms with Crippen LogP contribution in [0.4, 0.5) is 0 Å². The van der Waals surface area contributed by atoms with Crippen molar-refractivity contribution in [2.24, 2.45) is 0 Å². The maximum Gasteiger partial charge on any atom is 0.311 e. The van der Waals surface area contributed by atoms with E-state index in [0.29, 0.717) is 18.7 Å². The van der Waals surface area contributed by atoms with Crippen LogP contribution in [0.1, 0.15) is 57.3 Å². The number of nitrogens with zero attached hydrogens (tertiary/aromatic N) is 4. The van der Waals surface area contributed by atoms with Crippen LogP contribution in [-0.4, -0.2) is 32.0 Å². The van der Waals surface area contributed by atoms with Crippen LogP contribution < -0.4 is 9.47 Å². The molecule has 0 saturated carbocycles. The van der Waals surface area contributed by atoms with Crippen molar-refractivity contribution in [3.8, 4) is 11.5 Å². The molecule has 0 unspecified atom stereocenters. The maximum absolute atomic E-state index is 12.7. The Morgan fingerprint density at radius 1 is 0.917 bits per heavy atom. The number of rotatable bonds is 10. The van der Waals surface area contributed by atoms with Gasteiger partial charge in [0.2, 0.25) is 0 Å². The van der Waals surface area contributed by atoms with Gasteiger partial charge in [-0.05, 0) is 31.0 Å². The Labute approximate surface area is 210 Å². The number of esters is 1. The van der Waals surface area contributed by atoms with Crippen molar-refractivity contribution >= 4 is 33.7 Å². The second-order valence-electron chi connectivity index (χ2n) is 9.10. The largest absolute Gasteiger partial charge is 0.496 e. The van der Waals surface area contributed by atoms with E-state index in [2.05, 4.69) is 24.3 Å². The number of unbranched alkanes of at least 4 members (excludes halogenated alkanes) is 2. The first-order valence-corrected chi connectivity index (χ1v) is 12.8. The fraction of sp³-hybridized carbons (Fsp3) is 0.345. The molecule has 0 bridgehead atoms. The summed E-state index contributed by atoms with van der Waals surface area (Å²) in [5.74, 6) is 2.02. The summed E-state index contributed by atoms with van der Waals surface area (Å²) in [6.07, 6.45) is 6.91. The predicted molar refractivity (Wildman–Crippen MR) is 142 cm³/mol. The first-order valence-electron chi connectivity index (χ1n) is 12.8. The van der Waals surface area contributed by atoms with E-state index in [-0.39, 0.29) is 5.97 Å². The number of carbonyl (C=O) groups excluding carboxylic acids is 1. The lowest BCUT2D eigenvalue weighted by Gasteiger charge is -2.11. The van der Waals surface area contributed by atoms with Gasteiger partial charge in [-0.3, -0.25) is 9.20 Å².